The maximum absolute atomic E-state index is 12.0. The topological polar surface area (TPSA) is 70.6 Å². The monoisotopic (exact) mass is 301 g/mol. The van der Waals surface area contributed by atoms with E-state index in [0.29, 0.717) is 31.0 Å². The fraction of sp³-hybridized carbons (Fsp3) is 0.471. The average Bonchev–Trinajstić information content (AvgIpc) is 2.49. The highest BCUT2D eigenvalue weighted by atomic mass is 16.2. The third-order valence-corrected chi connectivity index (χ3v) is 3.89. The lowest BCUT2D eigenvalue weighted by molar-refractivity contribution is -0.121. The predicted molar refractivity (Wildman–Crippen MR) is 86.8 cm³/mol. The van der Waals surface area contributed by atoms with Crippen molar-refractivity contribution >= 4 is 17.5 Å². The number of nitrogens with one attached hydrogen (secondary N) is 2. The summed E-state index contributed by atoms with van der Waals surface area (Å²) >= 11 is 0. The Morgan fingerprint density at radius 3 is 2.77 bits per heavy atom. The molecule has 0 saturated heterocycles. The van der Waals surface area contributed by atoms with Gasteiger partial charge in [-0.05, 0) is 36.0 Å². The lowest BCUT2D eigenvalue weighted by Crippen LogP contribution is -2.37. The summed E-state index contributed by atoms with van der Waals surface area (Å²) in [5.41, 5.74) is 6.54. The Bertz CT molecular complexity index is 606. The van der Waals surface area contributed by atoms with E-state index < -0.39 is 0 Å². The first-order valence-corrected chi connectivity index (χ1v) is 7.70. The number of carbonyl (C=O) groups excluding carboxylic acids is 2. The van der Waals surface area contributed by atoms with Crippen molar-refractivity contribution in [1.82, 2.24) is 10.7 Å². The Morgan fingerprint density at radius 2 is 2.14 bits per heavy atom. The molecule has 2 N–H and O–H groups in total. The molecule has 0 aliphatic carbocycles. The van der Waals surface area contributed by atoms with Crippen LogP contribution in [0.2, 0.25) is 0 Å². The van der Waals surface area contributed by atoms with E-state index in [9.17, 15) is 9.59 Å². The molecule has 118 valence electrons. The number of hydrazone groups is 1. The molecule has 1 aromatic carbocycles. The molecule has 0 atom stereocenters. The summed E-state index contributed by atoms with van der Waals surface area (Å²) in [6.07, 6.45) is 1.51. The van der Waals surface area contributed by atoms with E-state index >= 15 is 0 Å². The highest BCUT2D eigenvalue weighted by molar-refractivity contribution is 6.39. The van der Waals surface area contributed by atoms with Gasteiger partial charge in [0.1, 0.15) is 5.71 Å². The molecule has 0 unspecified atom stereocenters. The van der Waals surface area contributed by atoms with Crippen LogP contribution in [-0.4, -0.2) is 24.1 Å². The molecule has 1 aromatic rings. The summed E-state index contributed by atoms with van der Waals surface area (Å²) in [5.74, 6) is 0.157. The molecule has 2 amide bonds. The Kier molecular flexibility index (Phi) is 5.31. The van der Waals surface area contributed by atoms with E-state index in [0.717, 1.165) is 6.42 Å². The number of hydrogen-bond acceptors (Lipinski definition) is 3. The molecule has 1 heterocycles. The Labute approximate surface area is 131 Å². The van der Waals surface area contributed by atoms with Gasteiger partial charge in [0.05, 0.1) is 0 Å². The van der Waals surface area contributed by atoms with Crippen molar-refractivity contribution in [3.8, 4) is 0 Å². The van der Waals surface area contributed by atoms with Crippen molar-refractivity contribution < 1.29 is 9.59 Å². The van der Waals surface area contributed by atoms with Crippen LogP contribution in [0.1, 0.15) is 49.3 Å². The van der Waals surface area contributed by atoms with Crippen LogP contribution < -0.4 is 10.7 Å². The molecule has 0 aromatic heterocycles. The Balaban J connectivity index is 1.90. The molecule has 0 saturated carbocycles. The molecular weight excluding hydrogens is 278 g/mol. The first kappa shape index (κ1) is 16.2. The number of carbonyl (C=O) groups is 2. The molecule has 0 radical (unpaired) electrons. The summed E-state index contributed by atoms with van der Waals surface area (Å²) in [7, 11) is 0. The lowest BCUT2D eigenvalue weighted by Gasteiger charge is -2.13. The molecule has 0 fully saturated rings. The van der Waals surface area contributed by atoms with E-state index in [2.05, 4.69) is 54.8 Å². The van der Waals surface area contributed by atoms with E-state index in [-0.39, 0.29) is 11.8 Å². The number of rotatable bonds is 5. The fourth-order valence-corrected chi connectivity index (χ4v) is 2.37. The molecule has 5 nitrogen and oxygen atoms in total. The molecule has 1 aliphatic rings. The van der Waals surface area contributed by atoms with Crippen LogP contribution in [-0.2, 0) is 16.0 Å². The Morgan fingerprint density at radius 1 is 1.36 bits per heavy atom. The first-order valence-electron chi connectivity index (χ1n) is 7.70. The zero-order valence-electron chi connectivity index (χ0n) is 13.4. The van der Waals surface area contributed by atoms with E-state index in [1.807, 2.05) is 0 Å². The summed E-state index contributed by atoms with van der Waals surface area (Å²) in [6.45, 7) is 6.99. The van der Waals surface area contributed by atoms with Gasteiger partial charge in [0.2, 0.25) is 5.91 Å². The van der Waals surface area contributed by atoms with Crippen molar-refractivity contribution in [2.45, 2.75) is 46.0 Å². The van der Waals surface area contributed by atoms with Crippen molar-refractivity contribution in [2.75, 3.05) is 6.54 Å². The van der Waals surface area contributed by atoms with Gasteiger partial charge >= 0.3 is 0 Å². The maximum atomic E-state index is 12.0. The first-order chi connectivity index (χ1) is 10.5. The van der Waals surface area contributed by atoms with Gasteiger partial charge in [-0.3, -0.25) is 9.59 Å². The Hall–Kier alpha value is -2.17. The van der Waals surface area contributed by atoms with Crippen LogP contribution in [0.3, 0.4) is 0 Å². The zero-order chi connectivity index (χ0) is 16.1. The van der Waals surface area contributed by atoms with Crippen LogP contribution in [0.4, 0.5) is 0 Å². The van der Waals surface area contributed by atoms with Gasteiger partial charge in [-0.25, -0.2) is 5.43 Å². The minimum atomic E-state index is -0.197. The average molecular weight is 301 g/mol. The maximum Gasteiger partial charge on any atom is 0.267 e. The van der Waals surface area contributed by atoms with Crippen LogP contribution in [0.25, 0.3) is 0 Å². The van der Waals surface area contributed by atoms with E-state index in [4.69, 9.17) is 0 Å². The summed E-state index contributed by atoms with van der Waals surface area (Å²) in [6, 6.07) is 6.50. The molecule has 5 heteroatoms. The molecule has 22 heavy (non-hydrogen) atoms. The van der Waals surface area contributed by atoms with Crippen LogP contribution in [0.5, 0.6) is 0 Å². The van der Waals surface area contributed by atoms with Crippen LogP contribution in [0.15, 0.2) is 23.3 Å². The number of aryl methyl sites for hydroxylation is 1. The predicted octanol–water partition coefficient (Wildman–Crippen LogP) is 2.04. The van der Waals surface area contributed by atoms with Gasteiger partial charge in [0.25, 0.3) is 5.91 Å². The zero-order valence-corrected chi connectivity index (χ0v) is 13.4. The normalized spacial score (nSPS) is 14.5. The van der Waals surface area contributed by atoms with Gasteiger partial charge in [-0.15, -0.1) is 0 Å². The summed E-state index contributed by atoms with van der Waals surface area (Å²) in [5, 5.41) is 6.67. The van der Waals surface area contributed by atoms with Crippen molar-refractivity contribution in [1.29, 1.82) is 0 Å². The number of benzene rings is 1. The second-order valence-electron chi connectivity index (χ2n) is 5.94. The highest BCUT2D eigenvalue weighted by Gasteiger charge is 2.17. The minimum Gasteiger partial charge on any atom is -0.351 e. The third-order valence-electron chi connectivity index (χ3n) is 3.89. The smallest absolute Gasteiger partial charge is 0.267 e. The number of hydrogen-bond donors (Lipinski definition) is 2. The highest BCUT2D eigenvalue weighted by Crippen LogP contribution is 2.18. The van der Waals surface area contributed by atoms with Gasteiger partial charge < -0.3 is 5.32 Å². The second-order valence-corrected chi connectivity index (χ2v) is 5.94. The van der Waals surface area contributed by atoms with Crippen molar-refractivity contribution in [3.05, 3.63) is 34.9 Å². The molecule has 1 aliphatic heterocycles. The summed E-state index contributed by atoms with van der Waals surface area (Å²) in [4.78, 5) is 23.0. The quantitative estimate of drug-likeness (QED) is 0.873. The van der Waals surface area contributed by atoms with Gasteiger partial charge in [-0.1, -0.05) is 32.0 Å². The van der Waals surface area contributed by atoms with E-state index in [1.165, 1.54) is 16.7 Å². The van der Waals surface area contributed by atoms with Crippen molar-refractivity contribution in [2.24, 2.45) is 5.10 Å². The standard InChI is InChI=1S/C17H23N3O2/c1-11(2)13-5-4-12(3)14(10-13)8-9-18-17(22)15-6-7-16(21)20-19-15/h4-5,10-11H,6-9H2,1-3H3,(H,18,22)(H,20,21). The third kappa shape index (κ3) is 4.16. The van der Waals surface area contributed by atoms with Gasteiger partial charge in [0, 0.05) is 19.4 Å². The largest absolute Gasteiger partial charge is 0.351 e. The van der Waals surface area contributed by atoms with Crippen LogP contribution in [0, 0.1) is 6.92 Å². The fourth-order valence-electron chi connectivity index (χ4n) is 2.37. The minimum absolute atomic E-state index is 0.141. The van der Waals surface area contributed by atoms with Gasteiger partial charge in [-0.2, -0.15) is 5.10 Å². The number of amides is 2. The molecule has 0 bridgehead atoms. The molecule has 2 rings (SSSR count). The van der Waals surface area contributed by atoms with Crippen LogP contribution >= 0.6 is 0 Å². The summed E-state index contributed by atoms with van der Waals surface area (Å²) < 4.78 is 0. The lowest BCUT2D eigenvalue weighted by atomic mass is 9.96. The van der Waals surface area contributed by atoms with E-state index in [1.54, 1.807) is 0 Å². The number of nitrogens with zero attached hydrogens (tertiary/aromatic N) is 1. The molecule has 0 spiro atoms. The SMILES string of the molecule is Cc1ccc(C(C)C)cc1CCNC(=O)C1=NNC(=O)CC1. The van der Waals surface area contributed by atoms with Gasteiger partial charge in [0.15, 0.2) is 0 Å². The molecular formula is C17H23N3O2. The van der Waals surface area contributed by atoms with Crippen molar-refractivity contribution in [3.63, 3.8) is 0 Å². The second kappa shape index (κ2) is 7.20.